The minimum atomic E-state index is -1.40. The Labute approximate surface area is 120 Å². The molecule has 0 aliphatic heterocycles. The number of aliphatic carboxylic acids is 1. The molecule has 2 N–H and O–H groups in total. The van der Waals surface area contributed by atoms with Crippen molar-refractivity contribution in [3.63, 3.8) is 0 Å². The fourth-order valence-corrected chi connectivity index (χ4v) is 1.18. The molecule has 0 fully saturated rings. The van der Waals surface area contributed by atoms with Crippen LogP contribution in [0.4, 0.5) is 10.1 Å². The molecule has 0 heterocycles. The molecule has 0 saturated carbocycles. The van der Waals surface area contributed by atoms with Crippen LogP contribution >= 0.6 is 0 Å². The van der Waals surface area contributed by atoms with Crippen molar-refractivity contribution in [1.82, 2.24) is 4.90 Å². The van der Waals surface area contributed by atoms with E-state index in [2.05, 4.69) is 0 Å². The molecule has 5 nitrogen and oxygen atoms in total. The molecule has 0 saturated heterocycles. The van der Waals surface area contributed by atoms with E-state index in [4.69, 9.17) is 5.73 Å². The number of carboxylic acid groups (broad SMARTS) is 1. The maximum atomic E-state index is 12.9. The summed E-state index contributed by atoms with van der Waals surface area (Å²) in [5, 5.41) is 10.3. The Morgan fingerprint density at radius 2 is 2.06 bits per heavy atom. The number of likely N-dealkylation sites (N-methyl/N-ethyl adjacent to an activating group) is 1. The Kier molecular flexibility index (Phi) is 6.15. The number of nitrogen functional groups attached to an aromatic ring is 1. The second kappa shape index (κ2) is 6.58. The number of benzene rings is 1. The van der Waals surface area contributed by atoms with Crippen molar-refractivity contribution in [1.29, 1.82) is 0 Å². The van der Waals surface area contributed by atoms with Crippen LogP contribution in [-0.2, 0) is 4.79 Å². The molecule has 0 bridgehead atoms. The van der Waals surface area contributed by atoms with Crippen molar-refractivity contribution < 1.29 is 48.6 Å². The second-order valence-corrected chi connectivity index (χ2v) is 3.26. The zero-order chi connectivity index (χ0) is 12.3. The van der Waals surface area contributed by atoms with Gasteiger partial charge in [-0.3, -0.25) is 4.79 Å². The summed E-state index contributed by atoms with van der Waals surface area (Å²) < 4.78 is 12.9. The van der Waals surface area contributed by atoms with Crippen LogP contribution in [0.5, 0.6) is 0 Å². The van der Waals surface area contributed by atoms with E-state index < -0.39 is 24.2 Å². The van der Waals surface area contributed by atoms with E-state index in [-0.39, 0.29) is 40.8 Å². The summed E-state index contributed by atoms with van der Waals surface area (Å²) in [5.74, 6) is -2.67. The summed E-state index contributed by atoms with van der Waals surface area (Å²) in [7, 11) is 1.27. The van der Waals surface area contributed by atoms with E-state index in [1.165, 1.54) is 13.1 Å². The smallest absolute Gasteiger partial charge is 0.548 e. The molecule has 86 valence electrons. The average molecular weight is 248 g/mol. The monoisotopic (exact) mass is 248 g/mol. The molecule has 0 aromatic heterocycles. The summed E-state index contributed by atoms with van der Waals surface area (Å²) in [4.78, 5) is 22.8. The van der Waals surface area contributed by atoms with Gasteiger partial charge in [0.15, 0.2) is 0 Å². The van der Waals surface area contributed by atoms with Gasteiger partial charge in [0.25, 0.3) is 5.91 Å². The molecular formula is C10H10FN2NaO3. The van der Waals surface area contributed by atoms with Crippen molar-refractivity contribution in [3.8, 4) is 0 Å². The van der Waals surface area contributed by atoms with E-state index in [1.807, 2.05) is 0 Å². The molecule has 0 aliphatic rings. The van der Waals surface area contributed by atoms with Crippen LogP contribution in [0, 0.1) is 5.82 Å². The molecule has 0 unspecified atom stereocenters. The van der Waals surface area contributed by atoms with Crippen molar-refractivity contribution in [2.45, 2.75) is 0 Å². The van der Waals surface area contributed by atoms with E-state index >= 15 is 0 Å². The fourth-order valence-electron chi connectivity index (χ4n) is 1.18. The van der Waals surface area contributed by atoms with Crippen molar-refractivity contribution in [3.05, 3.63) is 29.6 Å². The van der Waals surface area contributed by atoms with Gasteiger partial charge in [-0.05, 0) is 18.2 Å². The van der Waals surface area contributed by atoms with Gasteiger partial charge in [0, 0.05) is 12.7 Å². The number of carbonyl (C=O) groups is 2. The third-order valence-electron chi connectivity index (χ3n) is 1.96. The fraction of sp³-hybridized carbons (Fsp3) is 0.200. The second-order valence-electron chi connectivity index (χ2n) is 3.26. The first-order chi connectivity index (χ1) is 7.41. The summed E-state index contributed by atoms with van der Waals surface area (Å²) in [6, 6.07) is 3.32. The van der Waals surface area contributed by atoms with Crippen LogP contribution in [0.2, 0.25) is 0 Å². The Morgan fingerprint density at radius 1 is 1.47 bits per heavy atom. The Balaban J connectivity index is 0.00000256. The van der Waals surface area contributed by atoms with Gasteiger partial charge in [0.2, 0.25) is 0 Å². The normalized spacial score (nSPS) is 9.29. The molecule has 0 aliphatic carbocycles. The van der Waals surface area contributed by atoms with Crippen LogP contribution in [0.1, 0.15) is 10.4 Å². The maximum absolute atomic E-state index is 12.9. The first kappa shape index (κ1) is 15.9. The third-order valence-corrected chi connectivity index (χ3v) is 1.96. The quantitative estimate of drug-likeness (QED) is 0.439. The first-order valence-electron chi connectivity index (χ1n) is 4.42. The number of hydrogen-bond acceptors (Lipinski definition) is 4. The predicted octanol–water partition coefficient (Wildman–Crippen LogP) is -3.77. The van der Waals surface area contributed by atoms with Crippen molar-refractivity contribution in [2.24, 2.45) is 0 Å². The largest absolute Gasteiger partial charge is 1.00 e. The summed E-state index contributed by atoms with van der Waals surface area (Å²) >= 11 is 0. The summed E-state index contributed by atoms with van der Waals surface area (Å²) in [5.41, 5.74) is 5.51. The van der Waals surface area contributed by atoms with Gasteiger partial charge in [-0.25, -0.2) is 4.39 Å². The number of nitrogens with two attached hydrogens (primary N) is 1. The maximum Gasteiger partial charge on any atom is 1.00 e. The molecule has 7 heteroatoms. The van der Waals surface area contributed by atoms with Gasteiger partial charge in [-0.15, -0.1) is 0 Å². The SMILES string of the molecule is CN(CC(=O)[O-])C(=O)c1cc(F)ccc1N.[Na+]. The summed E-state index contributed by atoms with van der Waals surface area (Å²) in [6.45, 7) is -0.575. The Hall–Kier alpha value is -1.11. The molecule has 17 heavy (non-hydrogen) atoms. The van der Waals surface area contributed by atoms with Crippen LogP contribution in [-0.4, -0.2) is 30.4 Å². The number of carboxylic acids is 1. The number of carbonyl (C=O) groups excluding carboxylic acids is 2. The van der Waals surface area contributed by atoms with E-state index in [9.17, 15) is 19.1 Å². The number of rotatable bonds is 3. The van der Waals surface area contributed by atoms with Gasteiger partial charge < -0.3 is 20.5 Å². The first-order valence-corrected chi connectivity index (χ1v) is 4.42. The number of halogens is 1. The van der Waals surface area contributed by atoms with Gasteiger partial charge >= 0.3 is 29.6 Å². The van der Waals surface area contributed by atoms with Crippen LogP contribution in [0.3, 0.4) is 0 Å². The number of anilines is 1. The van der Waals surface area contributed by atoms with Crippen LogP contribution < -0.4 is 40.4 Å². The van der Waals surface area contributed by atoms with Crippen LogP contribution in [0.25, 0.3) is 0 Å². The molecule has 0 radical (unpaired) electrons. The van der Waals surface area contributed by atoms with Gasteiger partial charge in [-0.2, -0.15) is 0 Å². The molecule has 0 spiro atoms. The summed E-state index contributed by atoms with van der Waals surface area (Å²) in [6.07, 6.45) is 0. The van der Waals surface area contributed by atoms with Crippen LogP contribution in [0.15, 0.2) is 18.2 Å². The molecule has 1 aromatic carbocycles. The Bertz CT molecular complexity index is 440. The standard InChI is InChI=1S/C10H11FN2O3.Na/c1-13(5-9(14)15)10(16)7-4-6(11)2-3-8(7)12;/h2-4H,5,12H2,1H3,(H,14,15);/q;+1/p-1. The van der Waals surface area contributed by atoms with Crippen molar-refractivity contribution in [2.75, 3.05) is 19.3 Å². The topological polar surface area (TPSA) is 86.5 Å². The third kappa shape index (κ3) is 4.33. The Morgan fingerprint density at radius 3 is 2.59 bits per heavy atom. The number of nitrogens with zero attached hydrogens (tertiary/aromatic N) is 1. The van der Waals surface area contributed by atoms with E-state index in [0.717, 1.165) is 17.0 Å². The molecule has 1 amide bonds. The minimum absolute atomic E-state index is 0. The average Bonchev–Trinajstić information content (AvgIpc) is 2.19. The molecular weight excluding hydrogens is 238 g/mol. The number of hydrogen-bond donors (Lipinski definition) is 1. The molecule has 1 aromatic rings. The van der Waals surface area contributed by atoms with Gasteiger partial charge in [0.1, 0.15) is 5.82 Å². The van der Waals surface area contributed by atoms with Crippen molar-refractivity contribution >= 4 is 17.6 Å². The molecule has 0 atom stereocenters. The van der Waals surface area contributed by atoms with Gasteiger partial charge in [-0.1, -0.05) is 0 Å². The number of amides is 1. The molecule has 1 rings (SSSR count). The van der Waals surface area contributed by atoms with E-state index in [1.54, 1.807) is 0 Å². The zero-order valence-corrected chi connectivity index (χ0v) is 11.6. The zero-order valence-electron chi connectivity index (χ0n) is 9.57. The predicted molar refractivity (Wildman–Crippen MR) is 52.8 cm³/mol. The van der Waals surface area contributed by atoms with Gasteiger partial charge in [0.05, 0.1) is 18.1 Å². The minimum Gasteiger partial charge on any atom is -0.548 e. The van der Waals surface area contributed by atoms with E-state index in [0.29, 0.717) is 0 Å².